The third-order valence-electron chi connectivity index (χ3n) is 5.02. The summed E-state index contributed by atoms with van der Waals surface area (Å²) in [6.07, 6.45) is -0.362. The highest BCUT2D eigenvalue weighted by Crippen LogP contribution is 2.47. The lowest BCUT2D eigenvalue weighted by molar-refractivity contribution is -0.170. The highest BCUT2D eigenvalue weighted by molar-refractivity contribution is 5.83. The van der Waals surface area contributed by atoms with E-state index in [4.69, 9.17) is 18.9 Å². The van der Waals surface area contributed by atoms with Crippen LogP contribution in [0.5, 0.6) is 0 Å². The van der Waals surface area contributed by atoms with Gasteiger partial charge in [0.25, 0.3) is 0 Å². The summed E-state index contributed by atoms with van der Waals surface area (Å²) in [4.78, 5) is 24.3. The Labute approximate surface area is 130 Å². The summed E-state index contributed by atoms with van der Waals surface area (Å²) in [6.45, 7) is 9.23. The molecule has 0 aromatic heterocycles. The van der Waals surface area contributed by atoms with Crippen molar-refractivity contribution in [3.05, 3.63) is 0 Å². The summed E-state index contributed by atoms with van der Waals surface area (Å²) < 4.78 is 22.6. The van der Waals surface area contributed by atoms with Crippen molar-refractivity contribution in [2.45, 2.75) is 77.7 Å². The molecule has 22 heavy (non-hydrogen) atoms. The lowest BCUT2D eigenvalue weighted by atomic mass is 9.90. The molecule has 1 aliphatic carbocycles. The Morgan fingerprint density at radius 3 is 2.64 bits per heavy atom. The van der Waals surface area contributed by atoms with Gasteiger partial charge in [0.05, 0.1) is 11.5 Å². The summed E-state index contributed by atoms with van der Waals surface area (Å²) in [7, 11) is 0. The molecule has 2 heterocycles. The van der Waals surface area contributed by atoms with E-state index in [0.717, 1.165) is 0 Å². The van der Waals surface area contributed by atoms with Gasteiger partial charge in [-0.05, 0) is 40.5 Å². The molecule has 5 atom stereocenters. The van der Waals surface area contributed by atoms with E-state index >= 15 is 0 Å². The maximum absolute atomic E-state index is 12.2. The topological polar surface area (TPSA) is 71.1 Å². The molecule has 3 fully saturated rings. The summed E-state index contributed by atoms with van der Waals surface area (Å²) >= 11 is 0. The van der Waals surface area contributed by atoms with Crippen LogP contribution in [0.25, 0.3) is 0 Å². The van der Waals surface area contributed by atoms with Crippen LogP contribution in [0.2, 0.25) is 0 Å². The molecule has 2 saturated heterocycles. The van der Waals surface area contributed by atoms with Crippen LogP contribution in [0.1, 0.15) is 47.5 Å². The molecule has 124 valence electrons. The zero-order chi connectivity index (χ0) is 16.3. The van der Waals surface area contributed by atoms with Crippen LogP contribution in [-0.2, 0) is 28.5 Å². The fourth-order valence-electron chi connectivity index (χ4n) is 3.35. The SMILES string of the molecule is CCC(C)(C)C(=O)OC1C(=O)OC2C1CC1OC(C)(C)OC12. The quantitative estimate of drug-likeness (QED) is 0.740. The van der Waals surface area contributed by atoms with Gasteiger partial charge in [-0.25, -0.2) is 4.79 Å². The first-order valence-electron chi connectivity index (χ1n) is 7.92. The molecule has 3 rings (SSSR count). The molecule has 2 aliphatic heterocycles. The van der Waals surface area contributed by atoms with E-state index in [1.54, 1.807) is 0 Å². The van der Waals surface area contributed by atoms with Crippen LogP contribution in [0, 0.1) is 11.3 Å². The molecule has 0 radical (unpaired) electrons. The lowest BCUT2D eigenvalue weighted by Crippen LogP contribution is -2.36. The first-order chi connectivity index (χ1) is 10.1. The standard InChI is InChI=1S/C16H24O6/c1-6-15(2,3)14(18)20-11-8-7-9-12(10(8)19-13(11)17)22-16(4,5)21-9/h8-12H,6-7H2,1-5H3. The van der Waals surface area contributed by atoms with Crippen LogP contribution >= 0.6 is 0 Å². The minimum Gasteiger partial charge on any atom is -0.456 e. The molecule has 0 spiro atoms. The van der Waals surface area contributed by atoms with E-state index in [0.29, 0.717) is 12.8 Å². The molecule has 0 amide bonds. The van der Waals surface area contributed by atoms with Gasteiger partial charge in [0.15, 0.2) is 5.79 Å². The molecule has 0 aromatic carbocycles. The Bertz CT molecular complexity index is 497. The molecule has 6 heteroatoms. The fourth-order valence-corrected chi connectivity index (χ4v) is 3.35. The third-order valence-corrected chi connectivity index (χ3v) is 5.02. The zero-order valence-corrected chi connectivity index (χ0v) is 13.8. The van der Waals surface area contributed by atoms with Gasteiger partial charge >= 0.3 is 11.9 Å². The lowest BCUT2D eigenvalue weighted by Gasteiger charge is -2.25. The van der Waals surface area contributed by atoms with Gasteiger partial charge in [-0.15, -0.1) is 0 Å². The average molecular weight is 312 g/mol. The monoisotopic (exact) mass is 312 g/mol. The van der Waals surface area contributed by atoms with E-state index in [-0.39, 0.29) is 30.2 Å². The predicted octanol–water partition coefficient (Wildman–Crippen LogP) is 1.80. The Morgan fingerprint density at radius 2 is 2.00 bits per heavy atom. The number of fused-ring (bicyclic) bond motifs is 3. The fraction of sp³-hybridized carbons (Fsp3) is 0.875. The summed E-state index contributed by atoms with van der Waals surface area (Å²) in [6, 6.07) is 0. The second-order valence-corrected chi connectivity index (χ2v) is 7.50. The smallest absolute Gasteiger partial charge is 0.348 e. The Morgan fingerprint density at radius 1 is 1.32 bits per heavy atom. The van der Waals surface area contributed by atoms with Crippen molar-refractivity contribution >= 4 is 11.9 Å². The number of ether oxygens (including phenoxy) is 4. The first kappa shape index (κ1) is 15.7. The molecule has 3 aliphatic rings. The van der Waals surface area contributed by atoms with Crippen molar-refractivity contribution < 1.29 is 28.5 Å². The third kappa shape index (κ3) is 2.42. The Balaban J connectivity index is 1.72. The van der Waals surface area contributed by atoms with Gasteiger partial charge in [-0.2, -0.15) is 0 Å². The maximum atomic E-state index is 12.2. The second-order valence-electron chi connectivity index (χ2n) is 7.50. The van der Waals surface area contributed by atoms with E-state index in [1.165, 1.54) is 0 Å². The first-order valence-corrected chi connectivity index (χ1v) is 7.92. The van der Waals surface area contributed by atoms with E-state index < -0.39 is 23.3 Å². The predicted molar refractivity (Wildman–Crippen MR) is 75.8 cm³/mol. The maximum Gasteiger partial charge on any atom is 0.348 e. The van der Waals surface area contributed by atoms with Gasteiger partial charge in [-0.3, -0.25) is 4.79 Å². The number of carbonyl (C=O) groups is 2. The van der Waals surface area contributed by atoms with Crippen LogP contribution in [0.4, 0.5) is 0 Å². The molecule has 5 unspecified atom stereocenters. The van der Waals surface area contributed by atoms with Crippen LogP contribution in [0.3, 0.4) is 0 Å². The molecule has 6 nitrogen and oxygen atoms in total. The van der Waals surface area contributed by atoms with Crippen LogP contribution in [-0.4, -0.2) is 42.1 Å². The number of carbonyl (C=O) groups excluding carboxylic acids is 2. The zero-order valence-electron chi connectivity index (χ0n) is 13.8. The number of hydrogen-bond acceptors (Lipinski definition) is 6. The normalized spacial score (nSPS) is 39.3. The minimum atomic E-state index is -0.843. The van der Waals surface area contributed by atoms with E-state index in [2.05, 4.69) is 0 Å². The number of hydrogen-bond donors (Lipinski definition) is 0. The van der Waals surface area contributed by atoms with Crippen molar-refractivity contribution in [3.8, 4) is 0 Å². The van der Waals surface area contributed by atoms with Gasteiger partial charge < -0.3 is 18.9 Å². The van der Waals surface area contributed by atoms with Crippen molar-refractivity contribution in [1.29, 1.82) is 0 Å². The van der Waals surface area contributed by atoms with Crippen molar-refractivity contribution in [1.82, 2.24) is 0 Å². The Hall–Kier alpha value is -1.14. The van der Waals surface area contributed by atoms with Crippen molar-refractivity contribution in [2.24, 2.45) is 11.3 Å². The number of esters is 2. The minimum absolute atomic E-state index is 0.113. The van der Waals surface area contributed by atoms with Crippen molar-refractivity contribution in [2.75, 3.05) is 0 Å². The van der Waals surface area contributed by atoms with Gasteiger partial charge in [0.2, 0.25) is 6.10 Å². The average Bonchev–Trinajstić information content (AvgIpc) is 2.98. The van der Waals surface area contributed by atoms with E-state index in [9.17, 15) is 9.59 Å². The molecule has 0 aromatic rings. The summed E-state index contributed by atoms with van der Waals surface area (Å²) in [5.41, 5.74) is -0.609. The van der Waals surface area contributed by atoms with Crippen molar-refractivity contribution in [3.63, 3.8) is 0 Å². The second kappa shape index (κ2) is 4.93. The highest BCUT2D eigenvalue weighted by Gasteiger charge is 2.62. The molecule has 0 N–H and O–H groups in total. The van der Waals surface area contributed by atoms with Gasteiger partial charge in [0, 0.05) is 5.92 Å². The molecule has 1 saturated carbocycles. The summed E-state index contributed by atoms with van der Waals surface area (Å²) in [5, 5.41) is 0. The highest BCUT2D eigenvalue weighted by atomic mass is 16.8. The molecular weight excluding hydrogens is 288 g/mol. The summed E-state index contributed by atoms with van der Waals surface area (Å²) in [5.74, 6) is -1.68. The van der Waals surface area contributed by atoms with E-state index in [1.807, 2.05) is 34.6 Å². The molecule has 0 bridgehead atoms. The molecular formula is C16H24O6. The van der Waals surface area contributed by atoms with Gasteiger partial charge in [0.1, 0.15) is 12.2 Å². The van der Waals surface area contributed by atoms with Crippen LogP contribution < -0.4 is 0 Å². The van der Waals surface area contributed by atoms with Gasteiger partial charge in [-0.1, -0.05) is 6.92 Å². The Kier molecular flexibility index (Phi) is 3.53. The largest absolute Gasteiger partial charge is 0.456 e. The van der Waals surface area contributed by atoms with Crippen LogP contribution in [0.15, 0.2) is 0 Å². The number of rotatable bonds is 3.